The first kappa shape index (κ1) is 9.58. The van der Waals surface area contributed by atoms with Gasteiger partial charge in [0, 0.05) is 25.0 Å². The number of rotatable bonds is 1. The largest absolute Gasteiger partial charge is 0.508 e. The van der Waals surface area contributed by atoms with E-state index in [2.05, 4.69) is 0 Å². The van der Waals surface area contributed by atoms with Gasteiger partial charge in [-0.25, -0.2) is 4.79 Å². The van der Waals surface area contributed by atoms with Crippen LogP contribution in [-0.4, -0.2) is 14.2 Å². The molecule has 1 N–H and O–H groups in total. The van der Waals surface area contributed by atoms with Crippen molar-refractivity contribution in [3.63, 3.8) is 0 Å². The molecule has 0 spiro atoms. The molecule has 0 aliphatic heterocycles. The predicted octanol–water partition coefficient (Wildman–Crippen LogP) is 1.19. The number of phenols is 1. The van der Waals surface area contributed by atoms with Gasteiger partial charge in [-0.15, -0.1) is 0 Å². The van der Waals surface area contributed by atoms with Crippen molar-refractivity contribution in [3.8, 4) is 11.4 Å². The third kappa shape index (κ3) is 1.54. The van der Waals surface area contributed by atoms with Crippen LogP contribution in [0.15, 0.2) is 35.3 Å². The summed E-state index contributed by atoms with van der Waals surface area (Å²) in [6.07, 6.45) is 1.76. The standard InChI is InChI=1S/C11H12N2O2/c1-8-7-12(2)11(15)13(8)9-4-3-5-10(14)6-9/h3-7,14H,1-2H3. The highest BCUT2D eigenvalue weighted by Crippen LogP contribution is 2.15. The summed E-state index contributed by atoms with van der Waals surface area (Å²) in [6.45, 7) is 1.85. The topological polar surface area (TPSA) is 47.2 Å². The Morgan fingerprint density at radius 3 is 2.60 bits per heavy atom. The minimum atomic E-state index is -0.113. The zero-order valence-electron chi connectivity index (χ0n) is 8.64. The van der Waals surface area contributed by atoms with Crippen molar-refractivity contribution in [1.82, 2.24) is 9.13 Å². The fourth-order valence-corrected chi connectivity index (χ4v) is 1.65. The van der Waals surface area contributed by atoms with Crippen LogP contribution < -0.4 is 5.69 Å². The van der Waals surface area contributed by atoms with E-state index >= 15 is 0 Å². The van der Waals surface area contributed by atoms with Crippen LogP contribution in [-0.2, 0) is 7.05 Å². The molecule has 0 fully saturated rings. The van der Waals surface area contributed by atoms with Gasteiger partial charge in [0.25, 0.3) is 0 Å². The highest BCUT2D eigenvalue weighted by atomic mass is 16.3. The number of imidazole rings is 1. The van der Waals surface area contributed by atoms with Crippen LogP contribution in [0.5, 0.6) is 5.75 Å². The molecule has 0 atom stereocenters. The van der Waals surface area contributed by atoms with Gasteiger partial charge in [0.05, 0.1) is 5.69 Å². The molecule has 1 heterocycles. The first-order valence-corrected chi connectivity index (χ1v) is 4.64. The fourth-order valence-electron chi connectivity index (χ4n) is 1.65. The van der Waals surface area contributed by atoms with Crippen LogP contribution >= 0.6 is 0 Å². The molecule has 78 valence electrons. The summed E-state index contributed by atoms with van der Waals surface area (Å²) in [4.78, 5) is 11.7. The lowest BCUT2D eigenvalue weighted by atomic mass is 10.3. The third-order valence-corrected chi connectivity index (χ3v) is 2.31. The Morgan fingerprint density at radius 1 is 1.33 bits per heavy atom. The molecule has 1 aromatic heterocycles. The number of hydrogen-bond acceptors (Lipinski definition) is 2. The summed E-state index contributed by atoms with van der Waals surface area (Å²) in [5, 5.41) is 9.34. The van der Waals surface area contributed by atoms with Crippen molar-refractivity contribution in [2.75, 3.05) is 0 Å². The summed E-state index contributed by atoms with van der Waals surface area (Å²) in [7, 11) is 1.70. The maximum atomic E-state index is 11.7. The lowest BCUT2D eigenvalue weighted by Crippen LogP contribution is -2.21. The smallest absolute Gasteiger partial charge is 0.332 e. The number of aromatic nitrogens is 2. The van der Waals surface area contributed by atoms with Crippen molar-refractivity contribution >= 4 is 0 Å². The van der Waals surface area contributed by atoms with Crippen molar-refractivity contribution in [2.45, 2.75) is 6.92 Å². The van der Waals surface area contributed by atoms with Crippen LogP contribution in [0.3, 0.4) is 0 Å². The molecule has 0 amide bonds. The molecule has 0 aliphatic carbocycles. The molecule has 0 saturated heterocycles. The molecular weight excluding hydrogens is 192 g/mol. The van der Waals surface area contributed by atoms with E-state index in [0.29, 0.717) is 5.69 Å². The van der Waals surface area contributed by atoms with Gasteiger partial charge in [0.15, 0.2) is 0 Å². The van der Waals surface area contributed by atoms with E-state index < -0.39 is 0 Å². The van der Waals surface area contributed by atoms with Crippen LogP contribution in [0, 0.1) is 6.92 Å². The molecule has 4 heteroatoms. The number of aromatic hydroxyl groups is 1. The predicted molar refractivity (Wildman–Crippen MR) is 57.4 cm³/mol. The lowest BCUT2D eigenvalue weighted by Gasteiger charge is -2.03. The van der Waals surface area contributed by atoms with Crippen LogP contribution in [0.25, 0.3) is 5.69 Å². The highest BCUT2D eigenvalue weighted by Gasteiger charge is 2.07. The first-order chi connectivity index (χ1) is 7.09. The van der Waals surface area contributed by atoms with E-state index in [4.69, 9.17) is 0 Å². The second-order valence-electron chi connectivity index (χ2n) is 3.52. The Labute approximate surface area is 87.0 Å². The summed E-state index contributed by atoms with van der Waals surface area (Å²) in [5.41, 5.74) is 1.41. The van der Waals surface area contributed by atoms with Gasteiger partial charge < -0.3 is 9.67 Å². The summed E-state index contributed by atoms with van der Waals surface area (Å²) < 4.78 is 3.07. The molecule has 4 nitrogen and oxygen atoms in total. The SMILES string of the molecule is Cc1cn(C)c(=O)n1-c1cccc(O)c1. The molecule has 15 heavy (non-hydrogen) atoms. The van der Waals surface area contributed by atoms with Gasteiger partial charge in [-0.3, -0.25) is 4.57 Å². The average Bonchev–Trinajstić information content (AvgIpc) is 2.41. The molecule has 0 saturated carbocycles. The quantitative estimate of drug-likeness (QED) is 0.758. The molecule has 1 aromatic carbocycles. The number of hydrogen-bond donors (Lipinski definition) is 1. The minimum Gasteiger partial charge on any atom is -0.508 e. The Morgan fingerprint density at radius 2 is 2.07 bits per heavy atom. The number of aryl methyl sites for hydroxylation is 2. The van der Waals surface area contributed by atoms with Gasteiger partial charge in [0.2, 0.25) is 0 Å². The molecule has 0 aliphatic rings. The van der Waals surface area contributed by atoms with Crippen molar-refractivity contribution in [2.24, 2.45) is 7.05 Å². The molecular formula is C11H12N2O2. The zero-order valence-corrected chi connectivity index (χ0v) is 8.64. The monoisotopic (exact) mass is 204 g/mol. The second kappa shape index (κ2) is 3.31. The van der Waals surface area contributed by atoms with Crippen molar-refractivity contribution in [3.05, 3.63) is 46.6 Å². The van der Waals surface area contributed by atoms with Crippen molar-refractivity contribution in [1.29, 1.82) is 0 Å². The summed E-state index contributed by atoms with van der Waals surface area (Å²) in [5.74, 6) is 0.155. The van der Waals surface area contributed by atoms with E-state index in [1.165, 1.54) is 4.57 Å². The number of benzene rings is 1. The van der Waals surface area contributed by atoms with E-state index in [0.717, 1.165) is 5.69 Å². The van der Waals surface area contributed by atoms with Gasteiger partial charge >= 0.3 is 5.69 Å². The Hall–Kier alpha value is -1.97. The van der Waals surface area contributed by atoms with Crippen molar-refractivity contribution < 1.29 is 5.11 Å². The fraction of sp³-hybridized carbons (Fsp3) is 0.182. The maximum absolute atomic E-state index is 11.7. The summed E-state index contributed by atoms with van der Waals surface area (Å²) >= 11 is 0. The average molecular weight is 204 g/mol. The van der Waals surface area contributed by atoms with Gasteiger partial charge in [-0.2, -0.15) is 0 Å². The Bertz CT molecular complexity index is 552. The highest BCUT2D eigenvalue weighted by molar-refractivity contribution is 5.39. The van der Waals surface area contributed by atoms with Gasteiger partial charge in [-0.05, 0) is 19.1 Å². The van der Waals surface area contributed by atoms with Crippen LogP contribution in [0.4, 0.5) is 0 Å². The number of phenolic OH excluding ortho intramolecular Hbond substituents is 1. The van der Waals surface area contributed by atoms with Crippen LogP contribution in [0.2, 0.25) is 0 Å². The van der Waals surface area contributed by atoms with E-state index in [-0.39, 0.29) is 11.4 Å². The first-order valence-electron chi connectivity index (χ1n) is 4.64. The van der Waals surface area contributed by atoms with E-state index in [9.17, 15) is 9.90 Å². The molecule has 0 bridgehead atoms. The minimum absolute atomic E-state index is 0.113. The molecule has 0 unspecified atom stereocenters. The van der Waals surface area contributed by atoms with Gasteiger partial charge in [0.1, 0.15) is 5.75 Å². The lowest BCUT2D eigenvalue weighted by molar-refractivity contribution is 0.475. The Balaban J connectivity index is 2.69. The normalized spacial score (nSPS) is 10.5. The number of nitrogens with zero attached hydrogens (tertiary/aromatic N) is 2. The molecule has 2 aromatic rings. The molecule has 2 rings (SSSR count). The van der Waals surface area contributed by atoms with E-state index in [1.54, 1.807) is 42.1 Å². The van der Waals surface area contributed by atoms with Crippen LogP contribution in [0.1, 0.15) is 5.69 Å². The van der Waals surface area contributed by atoms with Gasteiger partial charge in [-0.1, -0.05) is 6.07 Å². The summed E-state index contributed by atoms with van der Waals surface area (Å²) in [6, 6.07) is 6.64. The maximum Gasteiger partial charge on any atom is 0.332 e. The second-order valence-corrected chi connectivity index (χ2v) is 3.52. The van der Waals surface area contributed by atoms with E-state index in [1.807, 2.05) is 6.92 Å². The Kier molecular flexibility index (Phi) is 2.11. The third-order valence-electron chi connectivity index (χ3n) is 2.31. The zero-order chi connectivity index (χ0) is 11.0. The molecule has 0 radical (unpaired) electrons.